The predicted molar refractivity (Wildman–Crippen MR) is 17.9 cm³/mol. The molecule has 0 amide bonds. The molecule has 0 heterocycles. The maximum atomic E-state index is 8.52. The van der Waals surface area contributed by atoms with Crippen molar-refractivity contribution in [3.8, 4) is 0 Å². The fraction of sp³-hybridized carbons (Fsp3) is 0. The molecule has 0 saturated heterocycles. The minimum absolute atomic E-state index is 0. The molecule has 6 heavy (non-hydrogen) atoms. The zero-order valence-electron chi connectivity index (χ0n) is 3.14. The first kappa shape index (κ1) is 15.9. The van der Waals surface area contributed by atoms with Crippen molar-refractivity contribution in [3.63, 3.8) is 0 Å². The molecule has 24 valence electrons. The molecule has 0 radical (unpaired) electrons. The van der Waals surface area contributed by atoms with Crippen LogP contribution in [0.5, 0.6) is 0 Å². The maximum Gasteiger partial charge on any atom is 2.00 e. The van der Waals surface area contributed by atoms with Gasteiger partial charge in [-0.2, -0.15) is 0 Å². The Kier molecular flexibility index (Phi) is 28.1. The van der Waals surface area contributed by atoms with E-state index in [9.17, 15) is 0 Å². The van der Waals surface area contributed by atoms with Gasteiger partial charge in [0.1, 0.15) is 0 Å². The van der Waals surface area contributed by atoms with Gasteiger partial charge in [-0.1, -0.05) is 0 Å². The second-order valence-corrected chi connectivity index (χ2v) is 0.750. The first-order valence-corrected chi connectivity index (χ1v) is 1.84. The van der Waals surface area contributed by atoms with Crippen molar-refractivity contribution in [3.05, 3.63) is 0 Å². The smallest absolute Gasteiger partial charge is 0.672 e. The fourth-order valence-corrected chi connectivity index (χ4v) is 0. The van der Waals surface area contributed by atoms with E-state index in [1.165, 1.54) is 0 Å². The zero-order valence-corrected chi connectivity index (χ0v) is 12.1. The van der Waals surface area contributed by atoms with Crippen LogP contribution >= 0.6 is 0 Å². The van der Waals surface area contributed by atoms with Crippen LogP contribution in [0.2, 0.25) is 0 Å². The molecular weight excluding hydrogens is 301 g/mol. The van der Waals surface area contributed by atoms with E-state index < -0.39 is 9.17 Å². The van der Waals surface area contributed by atoms with E-state index in [4.69, 9.17) is 14.1 Å². The van der Waals surface area contributed by atoms with Gasteiger partial charge in [0.2, 0.25) is 0 Å². The van der Waals surface area contributed by atoms with Gasteiger partial charge in [0.05, 0.1) is 0 Å². The third-order valence-electron chi connectivity index (χ3n) is 0. The predicted octanol–water partition coefficient (Wildman–Crippen LogP) is -3.64. The topological polar surface area (TPSA) is 63.2 Å². The molecule has 0 fully saturated rings. The van der Waals surface area contributed by atoms with Gasteiger partial charge in [-0.3, -0.25) is 0 Å². The molecule has 0 aromatic rings. The first-order valence-electron chi connectivity index (χ1n) is 0.612. The Morgan fingerprint density at radius 1 is 1.33 bits per heavy atom. The monoisotopic (exact) mass is 302 g/mol. The SMILES string of the molecule is O=[Si]([O-])[O-].[Ba+2].[Sr+2]. The molecule has 0 N–H and O–H groups in total. The summed E-state index contributed by atoms with van der Waals surface area (Å²) in [6.45, 7) is 0. The summed E-state index contributed by atoms with van der Waals surface area (Å²) in [6, 6.07) is 0. The Balaban J connectivity index is -0.0000000450. The number of hydrogen-bond donors (Lipinski definition) is 0. The zero-order chi connectivity index (χ0) is 3.58. The third kappa shape index (κ3) is 30.1. The van der Waals surface area contributed by atoms with Crippen LogP contribution in [0.1, 0.15) is 0 Å². The Labute approximate surface area is 114 Å². The van der Waals surface area contributed by atoms with Crippen LogP contribution in [0.15, 0.2) is 0 Å². The standard InChI is InChI=1S/Ba.O3Si.Sr/c;1-4(2)3;/q+2;-2;+2. The van der Waals surface area contributed by atoms with Crippen molar-refractivity contribution in [1.82, 2.24) is 0 Å². The van der Waals surface area contributed by atoms with Crippen molar-refractivity contribution in [2.24, 2.45) is 0 Å². The maximum absolute atomic E-state index is 8.52. The Morgan fingerprint density at radius 2 is 1.33 bits per heavy atom. The molecule has 0 aliphatic heterocycles. The molecule has 0 spiro atoms. The van der Waals surface area contributed by atoms with Gasteiger partial charge < -0.3 is 14.1 Å². The van der Waals surface area contributed by atoms with Gasteiger partial charge in [-0.25, -0.2) is 0 Å². The molecule has 0 aromatic carbocycles. The van der Waals surface area contributed by atoms with Crippen LogP contribution in [0, 0.1) is 0 Å². The molecule has 0 saturated carbocycles. The van der Waals surface area contributed by atoms with Crippen LogP contribution in [-0.2, 0) is 4.46 Å². The molecule has 0 aromatic heterocycles. The molecule has 6 heteroatoms. The Morgan fingerprint density at radius 3 is 1.33 bits per heavy atom. The molecule has 0 atom stereocenters. The fourth-order valence-electron chi connectivity index (χ4n) is 0. The van der Waals surface area contributed by atoms with Crippen LogP contribution in [-0.4, -0.2) is 104 Å². The van der Waals surface area contributed by atoms with Gasteiger partial charge in [0.15, 0.2) is 0 Å². The van der Waals surface area contributed by atoms with E-state index in [0.717, 1.165) is 0 Å². The summed E-state index contributed by atoms with van der Waals surface area (Å²) in [6.07, 6.45) is 0. The van der Waals surface area contributed by atoms with E-state index in [0.29, 0.717) is 0 Å². The van der Waals surface area contributed by atoms with Crippen LogP contribution < -0.4 is 9.59 Å². The van der Waals surface area contributed by atoms with E-state index in [2.05, 4.69) is 0 Å². The van der Waals surface area contributed by atoms with Crippen molar-refractivity contribution < 1.29 is 14.1 Å². The van der Waals surface area contributed by atoms with Crippen molar-refractivity contribution >= 4 is 104 Å². The third-order valence-corrected chi connectivity index (χ3v) is 0. The van der Waals surface area contributed by atoms with Crippen molar-refractivity contribution in [2.75, 3.05) is 0 Å². The summed E-state index contributed by atoms with van der Waals surface area (Å²) in [5, 5.41) is 0. The largest absolute Gasteiger partial charge is 2.00 e. The van der Waals surface area contributed by atoms with Crippen LogP contribution in [0.25, 0.3) is 0 Å². The van der Waals surface area contributed by atoms with Gasteiger partial charge in [0, 0.05) is 9.17 Å². The number of hydrogen-bond acceptors (Lipinski definition) is 3. The van der Waals surface area contributed by atoms with Crippen molar-refractivity contribution in [1.29, 1.82) is 0 Å². The second-order valence-electron chi connectivity index (χ2n) is 0.250. The minimum atomic E-state index is -3.63. The second kappa shape index (κ2) is 10.6. The summed E-state index contributed by atoms with van der Waals surface area (Å²) in [5.41, 5.74) is 0. The van der Waals surface area contributed by atoms with Gasteiger partial charge in [-0.15, -0.1) is 0 Å². The molecule has 3 nitrogen and oxygen atoms in total. The minimum Gasteiger partial charge on any atom is -0.672 e. The normalized spacial score (nSPS) is 4.00. The van der Waals surface area contributed by atoms with Gasteiger partial charge >= 0.3 is 94.4 Å². The quantitative estimate of drug-likeness (QED) is 0.434. The van der Waals surface area contributed by atoms with E-state index >= 15 is 0 Å². The molecule has 0 unspecified atom stereocenters. The van der Waals surface area contributed by atoms with Crippen LogP contribution in [0.4, 0.5) is 0 Å². The summed E-state index contributed by atoms with van der Waals surface area (Å²) < 4.78 is 8.52. The van der Waals surface area contributed by atoms with Gasteiger partial charge in [-0.05, 0) is 0 Å². The Bertz CT molecular complexity index is 33.8. The van der Waals surface area contributed by atoms with E-state index in [1.54, 1.807) is 0 Å². The summed E-state index contributed by atoms with van der Waals surface area (Å²) in [7, 11) is -3.63. The molecule has 0 rings (SSSR count). The summed E-state index contributed by atoms with van der Waals surface area (Å²) >= 11 is 0. The first-order chi connectivity index (χ1) is 1.73. The molecule has 0 aliphatic rings. The van der Waals surface area contributed by atoms with E-state index in [1.807, 2.05) is 0 Å². The van der Waals surface area contributed by atoms with Gasteiger partial charge in [0.25, 0.3) is 0 Å². The van der Waals surface area contributed by atoms with E-state index in [-0.39, 0.29) is 94.4 Å². The summed E-state index contributed by atoms with van der Waals surface area (Å²) in [5.74, 6) is 0. The number of rotatable bonds is 0. The Hall–Kier alpha value is 2.67. The molecule has 0 aliphatic carbocycles. The average molecular weight is 301 g/mol. The molecular formula is BaO3SiSr+2. The summed E-state index contributed by atoms with van der Waals surface area (Å²) in [4.78, 5) is 17.0. The molecule has 0 bridgehead atoms. The van der Waals surface area contributed by atoms with Crippen molar-refractivity contribution in [2.45, 2.75) is 0 Å². The van der Waals surface area contributed by atoms with Crippen LogP contribution in [0.3, 0.4) is 0 Å². The average Bonchev–Trinajstić information content (AvgIpc) is 0.811.